The van der Waals surface area contributed by atoms with Crippen molar-refractivity contribution in [3.8, 4) is 0 Å². The van der Waals surface area contributed by atoms with Gasteiger partial charge in [-0.2, -0.15) is 4.31 Å². The molecule has 3 rings (SSSR count). The number of nitrogens with zero attached hydrogens (tertiary/aromatic N) is 2. The fraction of sp³-hybridized carbons (Fsp3) is 0.619. The van der Waals surface area contributed by atoms with Gasteiger partial charge in [0, 0.05) is 31.1 Å². The molecule has 1 aromatic rings. The van der Waals surface area contributed by atoms with E-state index in [2.05, 4.69) is 5.32 Å². The van der Waals surface area contributed by atoms with E-state index in [4.69, 9.17) is 0 Å². The number of nitrogens with one attached hydrogen (secondary N) is 1. The number of thioether (sulfide) groups is 1. The number of benzene rings is 1. The Labute approximate surface area is 183 Å². The van der Waals surface area contributed by atoms with Gasteiger partial charge in [-0.1, -0.05) is 26.7 Å². The van der Waals surface area contributed by atoms with E-state index in [0.717, 1.165) is 43.4 Å². The normalized spacial score (nSPS) is 19.9. The summed E-state index contributed by atoms with van der Waals surface area (Å²) in [5.74, 6) is -0.533. The van der Waals surface area contributed by atoms with Crippen LogP contribution in [0, 0.1) is 0 Å². The molecule has 1 N–H and O–H groups in total. The van der Waals surface area contributed by atoms with Gasteiger partial charge in [-0.15, -0.1) is 11.8 Å². The Morgan fingerprint density at radius 2 is 1.77 bits per heavy atom. The highest BCUT2D eigenvalue weighted by Gasteiger charge is 2.36. The number of likely N-dealkylation sites (tertiary alicyclic amines) is 1. The maximum Gasteiger partial charge on any atom is 0.247 e. The van der Waals surface area contributed by atoms with Crippen molar-refractivity contribution >= 4 is 39.3 Å². The SMILES string of the molecule is CCCN(CCC)S(=O)(=O)c1ccc2c(c1)NC(=O)C(C(=O)N1CCCCCC1)S2. The van der Waals surface area contributed by atoms with Gasteiger partial charge in [0.05, 0.1) is 10.6 Å². The van der Waals surface area contributed by atoms with Gasteiger partial charge in [0.25, 0.3) is 0 Å². The number of anilines is 1. The first-order valence-corrected chi connectivity index (χ1v) is 13.1. The van der Waals surface area contributed by atoms with Crippen molar-refractivity contribution in [3.05, 3.63) is 18.2 Å². The number of hydrogen-bond acceptors (Lipinski definition) is 5. The Morgan fingerprint density at radius 1 is 1.13 bits per heavy atom. The van der Waals surface area contributed by atoms with Crippen LogP contribution >= 0.6 is 11.8 Å². The molecule has 166 valence electrons. The van der Waals surface area contributed by atoms with Crippen LogP contribution in [0.4, 0.5) is 5.69 Å². The van der Waals surface area contributed by atoms with Crippen LogP contribution in [0.1, 0.15) is 52.4 Å². The van der Waals surface area contributed by atoms with Gasteiger partial charge in [0.2, 0.25) is 21.8 Å². The van der Waals surface area contributed by atoms with Gasteiger partial charge in [-0.3, -0.25) is 9.59 Å². The highest BCUT2D eigenvalue weighted by molar-refractivity contribution is 8.01. The standard InChI is InChI=1S/C21H31N3O4S2/c1-3-11-24(12-4-2)30(27,28)16-9-10-18-17(15-16)22-20(25)19(29-18)21(26)23-13-7-5-6-8-14-23/h9-10,15,19H,3-8,11-14H2,1-2H3,(H,22,25). The monoisotopic (exact) mass is 453 g/mol. The molecule has 1 aromatic carbocycles. The van der Waals surface area contributed by atoms with Gasteiger partial charge >= 0.3 is 0 Å². The van der Waals surface area contributed by atoms with E-state index >= 15 is 0 Å². The van der Waals surface area contributed by atoms with E-state index in [1.807, 2.05) is 13.8 Å². The first kappa shape index (κ1) is 23.1. The molecule has 0 bridgehead atoms. The predicted octanol–water partition coefficient (Wildman–Crippen LogP) is 3.31. The number of carbonyl (C=O) groups excluding carboxylic acids is 2. The van der Waals surface area contributed by atoms with Gasteiger partial charge in [0.15, 0.2) is 5.25 Å². The molecule has 2 heterocycles. The van der Waals surface area contributed by atoms with Crippen LogP contribution < -0.4 is 5.32 Å². The smallest absolute Gasteiger partial charge is 0.247 e. The minimum Gasteiger partial charge on any atom is -0.341 e. The van der Waals surface area contributed by atoms with Crippen LogP contribution in [-0.4, -0.2) is 60.9 Å². The van der Waals surface area contributed by atoms with Crippen LogP contribution in [0.2, 0.25) is 0 Å². The predicted molar refractivity (Wildman–Crippen MR) is 119 cm³/mol. The summed E-state index contributed by atoms with van der Waals surface area (Å²) in [6.07, 6.45) is 5.62. The molecular weight excluding hydrogens is 422 g/mol. The van der Waals surface area contributed by atoms with Gasteiger partial charge in [0.1, 0.15) is 0 Å². The molecule has 1 saturated heterocycles. The van der Waals surface area contributed by atoms with Crippen molar-refractivity contribution in [2.45, 2.75) is 67.4 Å². The maximum absolute atomic E-state index is 13.0. The number of sulfonamides is 1. The quantitative estimate of drug-likeness (QED) is 0.640. The number of hydrogen-bond donors (Lipinski definition) is 1. The van der Waals surface area contributed by atoms with E-state index in [1.165, 1.54) is 22.1 Å². The molecule has 7 nitrogen and oxygen atoms in total. The number of amides is 2. The van der Waals surface area contributed by atoms with E-state index in [1.54, 1.807) is 17.0 Å². The molecule has 0 aromatic heterocycles. The number of carbonyl (C=O) groups is 2. The third kappa shape index (κ3) is 5.00. The van der Waals surface area contributed by atoms with Crippen molar-refractivity contribution in [2.24, 2.45) is 0 Å². The summed E-state index contributed by atoms with van der Waals surface area (Å²) in [6.45, 7) is 6.20. The molecule has 1 unspecified atom stereocenters. The number of rotatable bonds is 7. The zero-order valence-electron chi connectivity index (χ0n) is 17.7. The molecular formula is C21H31N3O4S2. The Morgan fingerprint density at radius 3 is 2.37 bits per heavy atom. The zero-order chi connectivity index (χ0) is 21.7. The molecule has 0 radical (unpaired) electrons. The van der Waals surface area contributed by atoms with Crippen LogP contribution in [-0.2, 0) is 19.6 Å². The summed E-state index contributed by atoms with van der Waals surface area (Å²) in [5.41, 5.74) is 0.457. The second-order valence-corrected chi connectivity index (χ2v) is 10.9. The molecule has 30 heavy (non-hydrogen) atoms. The molecule has 0 aliphatic carbocycles. The lowest BCUT2D eigenvalue weighted by atomic mass is 10.2. The second kappa shape index (κ2) is 10.2. The van der Waals surface area contributed by atoms with E-state index in [9.17, 15) is 18.0 Å². The third-order valence-electron chi connectivity index (χ3n) is 5.42. The average Bonchev–Trinajstić information content (AvgIpc) is 3.01. The minimum atomic E-state index is -3.63. The lowest BCUT2D eigenvalue weighted by Crippen LogP contribution is -2.45. The van der Waals surface area contributed by atoms with Crippen LogP contribution in [0.15, 0.2) is 28.0 Å². The van der Waals surface area contributed by atoms with Crippen molar-refractivity contribution in [3.63, 3.8) is 0 Å². The van der Waals surface area contributed by atoms with Crippen LogP contribution in [0.5, 0.6) is 0 Å². The molecule has 2 aliphatic heterocycles. The summed E-state index contributed by atoms with van der Waals surface area (Å²) < 4.78 is 27.6. The Balaban J connectivity index is 1.81. The third-order valence-corrected chi connectivity index (χ3v) is 8.57. The van der Waals surface area contributed by atoms with Crippen molar-refractivity contribution in [2.75, 3.05) is 31.5 Å². The summed E-state index contributed by atoms with van der Waals surface area (Å²) in [5, 5.41) is 1.95. The van der Waals surface area contributed by atoms with Gasteiger partial charge < -0.3 is 10.2 Å². The van der Waals surface area contributed by atoms with Crippen molar-refractivity contribution < 1.29 is 18.0 Å². The first-order chi connectivity index (χ1) is 14.4. The van der Waals surface area contributed by atoms with Crippen LogP contribution in [0.3, 0.4) is 0 Å². The summed E-state index contributed by atoms with van der Waals surface area (Å²) in [4.78, 5) is 28.3. The van der Waals surface area contributed by atoms with Crippen molar-refractivity contribution in [1.29, 1.82) is 0 Å². The largest absolute Gasteiger partial charge is 0.341 e. The Bertz CT molecular complexity index is 874. The minimum absolute atomic E-state index is 0.154. The molecule has 9 heteroatoms. The summed E-state index contributed by atoms with van der Waals surface area (Å²) >= 11 is 1.21. The van der Waals surface area contributed by atoms with Gasteiger partial charge in [-0.25, -0.2) is 8.42 Å². The average molecular weight is 454 g/mol. The molecule has 2 aliphatic rings. The highest BCUT2D eigenvalue weighted by atomic mass is 32.2. The molecule has 0 saturated carbocycles. The Kier molecular flexibility index (Phi) is 7.81. The molecule has 2 amide bonds. The first-order valence-electron chi connectivity index (χ1n) is 10.8. The van der Waals surface area contributed by atoms with Crippen LogP contribution in [0.25, 0.3) is 0 Å². The summed E-state index contributed by atoms with van der Waals surface area (Å²) in [6, 6.07) is 4.79. The van der Waals surface area contributed by atoms with E-state index < -0.39 is 15.3 Å². The van der Waals surface area contributed by atoms with Crippen molar-refractivity contribution in [1.82, 2.24) is 9.21 Å². The van der Waals surface area contributed by atoms with Gasteiger partial charge in [-0.05, 0) is 43.9 Å². The van der Waals surface area contributed by atoms with E-state index in [-0.39, 0.29) is 16.7 Å². The highest BCUT2D eigenvalue weighted by Crippen LogP contribution is 2.38. The molecule has 1 fully saturated rings. The Hall–Kier alpha value is -1.58. The molecule has 0 spiro atoms. The summed E-state index contributed by atoms with van der Waals surface area (Å²) in [7, 11) is -3.63. The van der Waals surface area contributed by atoms with E-state index in [0.29, 0.717) is 31.9 Å². The lowest BCUT2D eigenvalue weighted by molar-refractivity contribution is -0.133. The molecule has 1 atom stereocenters. The zero-order valence-corrected chi connectivity index (χ0v) is 19.4. The fourth-order valence-corrected chi connectivity index (χ4v) is 6.57. The lowest BCUT2D eigenvalue weighted by Gasteiger charge is -2.29. The number of fused-ring (bicyclic) bond motifs is 1. The second-order valence-electron chi connectivity index (χ2n) is 7.79. The fourth-order valence-electron chi connectivity index (χ4n) is 3.87. The topological polar surface area (TPSA) is 86.8 Å². The maximum atomic E-state index is 13.0.